The lowest BCUT2D eigenvalue weighted by Crippen LogP contribution is -2.30. The Morgan fingerprint density at radius 3 is 2.86 bits per heavy atom. The molecule has 0 aromatic heterocycles. The van der Waals surface area contributed by atoms with E-state index in [1.807, 2.05) is 0 Å². The van der Waals surface area contributed by atoms with Gasteiger partial charge in [-0.25, -0.2) is 4.79 Å². The number of aliphatic carboxylic acids is 1. The average molecular weight is 199 g/mol. The van der Waals surface area contributed by atoms with Gasteiger partial charge in [0.1, 0.15) is 6.61 Å². The Morgan fingerprint density at radius 1 is 1.64 bits per heavy atom. The Labute approximate surface area is 82.0 Å². The van der Waals surface area contributed by atoms with E-state index in [0.717, 1.165) is 0 Å². The fraction of sp³-hybridized carbons (Fsp3) is 0.556. The van der Waals surface area contributed by atoms with Crippen molar-refractivity contribution >= 4 is 12.1 Å². The summed E-state index contributed by atoms with van der Waals surface area (Å²) in [7, 11) is 0. The van der Waals surface area contributed by atoms with Crippen LogP contribution in [-0.2, 0) is 9.53 Å². The highest BCUT2D eigenvalue weighted by Crippen LogP contribution is 2.16. The van der Waals surface area contributed by atoms with Gasteiger partial charge in [-0.3, -0.25) is 4.79 Å². The normalized spacial score (nSPS) is 20.6. The van der Waals surface area contributed by atoms with Gasteiger partial charge in [0.2, 0.25) is 0 Å². The molecule has 1 atom stereocenters. The van der Waals surface area contributed by atoms with Gasteiger partial charge in [-0.15, -0.1) is 0 Å². The van der Waals surface area contributed by atoms with Gasteiger partial charge in [-0.05, 0) is 6.42 Å². The molecular formula is C9H13NO4. The number of carboxylic acids is 1. The number of amides is 1. The van der Waals surface area contributed by atoms with Crippen LogP contribution in [-0.4, -0.2) is 41.8 Å². The molecule has 1 aliphatic rings. The lowest BCUT2D eigenvalue weighted by Gasteiger charge is -2.14. The van der Waals surface area contributed by atoms with Crippen LogP contribution in [0.15, 0.2) is 12.7 Å². The standard InChI is InChI=1S/C9H13NO4/c1-2-5-14-9(13)10-4-3-7(6-10)8(11)12/h2,7H,1,3-6H2,(H,11,12). The first kappa shape index (κ1) is 10.6. The first-order valence-corrected chi connectivity index (χ1v) is 4.40. The molecule has 78 valence electrons. The lowest BCUT2D eigenvalue weighted by molar-refractivity contribution is -0.141. The van der Waals surface area contributed by atoms with Crippen molar-refractivity contribution in [3.05, 3.63) is 12.7 Å². The predicted molar refractivity (Wildman–Crippen MR) is 48.9 cm³/mol. The van der Waals surface area contributed by atoms with E-state index >= 15 is 0 Å². The minimum atomic E-state index is -0.857. The van der Waals surface area contributed by atoms with Crippen molar-refractivity contribution in [1.29, 1.82) is 0 Å². The molecule has 1 amide bonds. The van der Waals surface area contributed by atoms with Crippen LogP contribution in [0.5, 0.6) is 0 Å². The fourth-order valence-corrected chi connectivity index (χ4v) is 1.35. The Bertz CT molecular complexity index is 251. The van der Waals surface area contributed by atoms with Crippen LogP contribution in [0.2, 0.25) is 0 Å². The average Bonchev–Trinajstić information content (AvgIpc) is 2.62. The van der Waals surface area contributed by atoms with Crippen molar-refractivity contribution < 1.29 is 19.4 Å². The summed E-state index contributed by atoms with van der Waals surface area (Å²) in [6.45, 7) is 4.27. The molecule has 1 N–H and O–H groups in total. The minimum absolute atomic E-state index is 0.160. The highest BCUT2D eigenvalue weighted by molar-refractivity contribution is 5.74. The zero-order valence-corrected chi connectivity index (χ0v) is 7.81. The van der Waals surface area contributed by atoms with Crippen LogP contribution in [0.4, 0.5) is 4.79 Å². The molecule has 0 bridgehead atoms. The maximum absolute atomic E-state index is 11.2. The second-order valence-corrected chi connectivity index (χ2v) is 3.14. The van der Waals surface area contributed by atoms with E-state index in [4.69, 9.17) is 9.84 Å². The Hall–Kier alpha value is -1.52. The van der Waals surface area contributed by atoms with Crippen molar-refractivity contribution in [3.8, 4) is 0 Å². The summed E-state index contributed by atoms with van der Waals surface area (Å²) in [5.74, 6) is -1.31. The zero-order valence-electron chi connectivity index (χ0n) is 7.81. The predicted octanol–water partition coefficient (Wildman–Crippen LogP) is 0.716. The van der Waals surface area contributed by atoms with Gasteiger partial charge in [0.25, 0.3) is 0 Å². The Balaban J connectivity index is 2.37. The monoisotopic (exact) mass is 199 g/mol. The topological polar surface area (TPSA) is 66.8 Å². The number of hydrogen-bond acceptors (Lipinski definition) is 3. The van der Waals surface area contributed by atoms with Crippen molar-refractivity contribution in [1.82, 2.24) is 4.90 Å². The molecular weight excluding hydrogens is 186 g/mol. The molecule has 0 radical (unpaired) electrons. The van der Waals surface area contributed by atoms with Gasteiger partial charge in [-0.1, -0.05) is 12.7 Å². The van der Waals surface area contributed by atoms with Gasteiger partial charge in [0.05, 0.1) is 5.92 Å². The molecule has 0 saturated carbocycles. The third kappa shape index (κ3) is 2.48. The van der Waals surface area contributed by atoms with Crippen LogP contribution in [0.1, 0.15) is 6.42 Å². The lowest BCUT2D eigenvalue weighted by atomic mass is 10.1. The quantitative estimate of drug-likeness (QED) is 0.680. The van der Waals surface area contributed by atoms with Crippen molar-refractivity contribution in [3.63, 3.8) is 0 Å². The number of likely N-dealkylation sites (tertiary alicyclic amines) is 1. The summed E-state index contributed by atoms with van der Waals surface area (Å²) < 4.78 is 4.78. The van der Waals surface area contributed by atoms with Crippen molar-refractivity contribution in [2.45, 2.75) is 6.42 Å². The molecule has 1 saturated heterocycles. The summed E-state index contributed by atoms with van der Waals surface area (Å²) >= 11 is 0. The second kappa shape index (κ2) is 4.64. The number of rotatable bonds is 3. The zero-order chi connectivity index (χ0) is 10.6. The summed E-state index contributed by atoms with van der Waals surface area (Å²) in [6, 6.07) is 0. The molecule has 0 aromatic carbocycles. The minimum Gasteiger partial charge on any atom is -0.481 e. The molecule has 1 heterocycles. The summed E-state index contributed by atoms with van der Waals surface area (Å²) in [5, 5.41) is 8.69. The molecule has 0 aliphatic carbocycles. The van der Waals surface area contributed by atoms with Crippen LogP contribution in [0, 0.1) is 5.92 Å². The molecule has 5 nitrogen and oxygen atoms in total. The van der Waals surface area contributed by atoms with Gasteiger partial charge in [0.15, 0.2) is 0 Å². The summed E-state index contributed by atoms with van der Waals surface area (Å²) in [4.78, 5) is 23.2. The van der Waals surface area contributed by atoms with E-state index in [1.165, 1.54) is 11.0 Å². The third-order valence-electron chi connectivity index (χ3n) is 2.12. The van der Waals surface area contributed by atoms with Crippen LogP contribution in [0.3, 0.4) is 0 Å². The van der Waals surface area contributed by atoms with Gasteiger partial charge in [-0.2, -0.15) is 0 Å². The molecule has 14 heavy (non-hydrogen) atoms. The highest BCUT2D eigenvalue weighted by atomic mass is 16.6. The smallest absolute Gasteiger partial charge is 0.410 e. The summed E-state index contributed by atoms with van der Waals surface area (Å²) in [5.41, 5.74) is 0. The maximum Gasteiger partial charge on any atom is 0.410 e. The number of carbonyl (C=O) groups is 2. The molecule has 1 unspecified atom stereocenters. The maximum atomic E-state index is 11.2. The molecule has 5 heteroatoms. The SMILES string of the molecule is C=CCOC(=O)N1CCC(C(=O)O)C1. The molecule has 1 aliphatic heterocycles. The summed E-state index contributed by atoms with van der Waals surface area (Å²) in [6.07, 6.45) is 1.51. The van der Waals surface area contributed by atoms with Crippen LogP contribution < -0.4 is 0 Å². The third-order valence-corrected chi connectivity index (χ3v) is 2.12. The molecule has 0 aromatic rings. The number of ether oxygens (including phenoxy) is 1. The van der Waals surface area contributed by atoms with E-state index in [-0.39, 0.29) is 13.2 Å². The Kier molecular flexibility index (Phi) is 3.50. The van der Waals surface area contributed by atoms with E-state index in [1.54, 1.807) is 0 Å². The van der Waals surface area contributed by atoms with Gasteiger partial charge < -0.3 is 14.7 Å². The van der Waals surface area contributed by atoms with Crippen molar-refractivity contribution in [2.24, 2.45) is 5.92 Å². The Morgan fingerprint density at radius 2 is 2.36 bits per heavy atom. The number of carboxylic acid groups (broad SMARTS) is 1. The largest absolute Gasteiger partial charge is 0.481 e. The highest BCUT2D eigenvalue weighted by Gasteiger charge is 2.31. The number of nitrogens with zero attached hydrogens (tertiary/aromatic N) is 1. The molecule has 1 fully saturated rings. The first-order valence-electron chi connectivity index (χ1n) is 4.40. The van der Waals surface area contributed by atoms with E-state index in [0.29, 0.717) is 13.0 Å². The number of carbonyl (C=O) groups excluding carboxylic acids is 1. The van der Waals surface area contributed by atoms with Gasteiger partial charge in [0, 0.05) is 13.1 Å². The molecule has 1 rings (SSSR count). The fourth-order valence-electron chi connectivity index (χ4n) is 1.35. The van der Waals surface area contributed by atoms with E-state index in [9.17, 15) is 9.59 Å². The van der Waals surface area contributed by atoms with Crippen LogP contribution >= 0.6 is 0 Å². The first-order chi connectivity index (χ1) is 6.65. The van der Waals surface area contributed by atoms with Crippen LogP contribution in [0.25, 0.3) is 0 Å². The van der Waals surface area contributed by atoms with E-state index < -0.39 is 18.0 Å². The van der Waals surface area contributed by atoms with Crippen molar-refractivity contribution in [2.75, 3.05) is 19.7 Å². The number of hydrogen-bond donors (Lipinski definition) is 1. The van der Waals surface area contributed by atoms with Gasteiger partial charge >= 0.3 is 12.1 Å². The second-order valence-electron chi connectivity index (χ2n) is 3.14. The molecule has 0 spiro atoms. The van der Waals surface area contributed by atoms with E-state index in [2.05, 4.69) is 6.58 Å².